The number of rotatable bonds is 0. The van der Waals surface area contributed by atoms with E-state index in [9.17, 15) is 4.79 Å². The Hall–Kier alpha value is -0.410. The van der Waals surface area contributed by atoms with Gasteiger partial charge < -0.3 is 9.47 Å². The lowest BCUT2D eigenvalue weighted by molar-refractivity contribution is -0.188. The van der Waals surface area contributed by atoms with Crippen molar-refractivity contribution in [1.29, 1.82) is 0 Å². The van der Waals surface area contributed by atoms with Gasteiger partial charge in [-0.2, -0.15) is 0 Å². The van der Waals surface area contributed by atoms with Crippen LogP contribution in [0.5, 0.6) is 0 Å². The second-order valence-corrected chi connectivity index (χ2v) is 2.51. The molecule has 2 rings (SSSR count). The molecule has 0 atom stereocenters. The third-order valence-electron chi connectivity index (χ3n) is 1.89. The number of ether oxygens (including phenoxy) is 2. The first-order chi connectivity index (χ1) is 4.33. The van der Waals surface area contributed by atoms with Crippen LogP contribution < -0.4 is 0 Å². The highest BCUT2D eigenvalue weighted by molar-refractivity contribution is 5.90. The van der Waals surface area contributed by atoms with E-state index in [0.29, 0.717) is 26.2 Å². The van der Waals surface area contributed by atoms with Crippen LogP contribution in [0.1, 0.15) is 6.42 Å². The molecule has 0 aromatic heterocycles. The fourth-order valence-electron chi connectivity index (χ4n) is 1.18. The molecule has 0 bridgehead atoms. The van der Waals surface area contributed by atoms with Crippen LogP contribution in [-0.2, 0) is 14.3 Å². The quantitative estimate of drug-likeness (QED) is 0.451. The van der Waals surface area contributed by atoms with E-state index in [4.69, 9.17) is 9.47 Å². The van der Waals surface area contributed by atoms with Crippen molar-refractivity contribution in [3.05, 3.63) is 0 Å². The van der Waals surface area contributed by atoms with Crippen LogP contribution in [0.25, 0.3) is 0 Å². The molecule has 50 valence electrons. The molecular formula is C6H8O3. The summed E-state index contributed by atoms with van der Waals surface area (Å²) in [4.78, 5) is 11.0. The highest BCUT2D eigenvalue weighted by Crippen LogP contribution is 2.29. The topological polar surface area (TPSA) is 35.5 Å². The molecule has 0 aromatic carbocycles. The summed E-state index contributed by atoms with van der Waals surface area (Å²) in [5.74, 6) is 0.216. The summed E-state index contributed by atoms with van der Waals surface area (Å²) in [6, 6.07) is 0. The van der Waals surface area contributed by atoms with E-state index in [1.807, 2.05) is 0 Å². The molecule has 0 amide bonds. The first kappa shape index (κ1) is 5.38. The van der Waals surface area contributed by atoms with Crippen LogP contribution >= 0.6 is 0 Å². The van der Waals surface area contributed by atoms with Crippen LogP contribution in [-0.4, -0.2) is 31.2 Å². The molecule has 3 nitrogen and oxygen atoms in total. The summed E-state index contributed by atoms with van der Waals surface area (Å²) < 4.78 is 10.1. The Bertz CT molecular complexity index is 148. The number of ketones is 1. The molecule has 0 aromatic rings. The average molecular weight is 128 g/mol. The molecule has 2 fully saturated rings. The van der Waals surface area contributed by atoms with E-state index < -0.39 is 5.60 Å². The molecule has 0 N–H and O–H groups in total. The maximum absolute atomic E-state index is 11.0. The van der Waals surface area contributed by atoms with Gasteiger partial charge in [0.05, 0.1) is 19.8 Å². The van der Waals surface area contributed by atoms with Crippen molar-refractivity contribution >= 4 is 5.78 Å². The Morgan fingerprint density at radius 1 is 1.44 bits per heavy atom. The lowest BCUT2D eigenvalue weighted by atomic mass is 9.97. The number of carbonyl (C=O) groups excluding carboxylic acids is 1. The standard InChI is InChI=1S/C6H8O3/c7-5-1-2-9-6(5)3-8-4-6/h1-4H2. The van der Waals surface area contributed by atoms with Crippen LogP contribution in [0.4, 0.5) is 0 Å². The van der Waals surface area contributed by atoms with E-state index in [-0.39, 0.29) is 5.78 Å². The van der Waals surface area contributed by atoms with E-state index in [2.05, 4.69) is 0 Å². The zero-order valence-corrected chi connectivity index (χ0v) is 5.05. The Kier molecular flexibility index (Phi) is 0.926. The summed E-state index contributed by atoms with van der Waals surface area (Å²) in [5.41, 5.74) is -0.486. The van der Waals surface area contributed by atoms with Crippen molar-refractivity contribution in [3.63, 3.8) is 0 Å². The van der Waals surface area contributed by atoms with E-state index in [1.54, 1.807) is 0 Å². The van der Waals surface area contributed by atoms with E-state index in [0.717, 1.165) is 0 Å². The minimum absolute atomic E-state index is 0.216. The third kappa shape index (κ3) is 0.559. The van der Waals surface area contributed by atoms with Gasteiger partial charge in [-0.3, -0.25) is 4.79 Å². The zero-order valence-electron chi connectivity index (χ0n) is 5.05. The van der Waals surface area contributed by atoms with Crippen molar-refractivity contribution in [3.8, 4) is 0 Å². The first-order valence-electron chi connectivity index (χ1n) is 3.08. The summed E-state index contributed by atoms with van der Waals surface area (Å²) in [5, 5.41) is 0. The Morgan fingerprint density at radius 2 is 2.22 bits per heavy atom. The van der Waals surface area contributed by atoms with Crippen molar-refractivity contribution in [2.45, 2.75) is 12.0 Å². The molecule has 2 aliphatic heterocycles. The summed E-state index contributed by atoms with van der Waals surface area (Å²) in [6.45, 7) is 1.54. The van der Waals surface area contributed by atoms with Crippen molar-refractivity contribution in [2.24, 2.45) is 0 Å². The molecule has 0 unspecified atom stereocenters. The first-order valence-corrected chi connectivity index (χ1v) is 3.08. The normalized spacial score (nSPS) is 30.9. The lowest BCUT2D eigenvalue weighted by Crippen LogP contribution is -2.54. The number of Topliss-reactive ketones (excluding diaryl/α,β-unsaturated/α-hetero) is 1. The molecule has 0 aliphatic carbocycles. The van der Waals surface area contributed by atoms with E-state index in [1.165, 1.54) is 0 Å². The molecule has 3 heteroatoms. The number of carbonyl (C=O) groups is 1. The SMILES string of the molecule is O=C1CCOC12COC2. The van der Waals surface area contributed by atoms with Crippen molar-refractivity contribution in [2.75, 3.05) is 19.8 Å². The molecule has 9 heavy (non-hydrogen) atoms. The van der Waals surface area contributed by atoms with Crippen LogP contribution in [0, 0.1) is 0 Å². The minimum Gasteiger partial charge on any atom is -0.374 e. The number of hydrogen-bond acceptors (Lipinski definition) is 3. The Balaban J connectivity index is 2.17. The van der Waals surface area contributed by atoms with Gasteiger partial charge in [-0.05, 0) is 0 Å². The summed E-state index contributed by atoms with van der Waals surface area (Å²) in [7, 11) is 0. The third-order valence-corrected chi connectivity index (χ3v) is 1.89. The van der Waals surface area contributed by atoms with E-state index >= 15 is 0 Å². The second-order valence-electron chi connectivity index (χ2n) is 2.51. The Morgan fingerprint density at radius 3 is 2.44 bits per heavy atom. The monoisotopic (exact) mass is 128 g/mol. The Labute approximate surface area is 52.9 Å². The molecule has 2 aliphatic rings. The highest BCUT2D eigenvalue weighted by Gasteiger charge is 2.49. The minimum atomic E-state index is -0.486. The molecular weight excluding hydrogens is 120 g/mol. The van der Waals surface area contributed by atoms with Gasteiger partial charge in [0.1, 0.15) is 0 Å². The van der Waals surface area contributed by atoms with Crippen LogP contribution in [0.3, 0.4) is 0 Å². The van der Waals surface area contributed by atoms with Crippen molar-refractivity contribution in [1.82, 2.24) is 0 Å². The van der Waals surface area contributed by atoms with Crippen LogP contribution in [0.15, 0.2) is 0 Å². The largest absolute Gasteiger partial charge is 0.374 e. The highest BCUT2D eigenvalue weighted by atomic mass is 16.6. The molecule has 2 saturated heterocycles. The van der Waals surface area contributed by atoms with Gasteiger partial charge in [-0.25, -0.2) is 0 Å². The molecule has 1 spiro atoms. The molecule has 0 radical (unpaired) electrons. The fourth-order valence-corrected chi connectivity index (χ4v) is 1.18. The van der Waals surface area contributed by atoms with Gasteiger partial charge >= 0.3 is 0 Å². The van der Waals surface area contributed by atoms with Gasteiger partial charge in [0.15, 0.2) is 11.4 Å². The van der Waals surface area contributed by atoms with Gasteiger partial charge in [0.2, 0.25) is 0 Å². The predicted molar refractivity (Wildman–Crippen MR) is 29.1 cm³/mol. The predicted octanol–water partition coefficient (Wildman–Crippen LogP) is -0.255. The number of hydrogen-bond donors (Lipinski definition) is 0. The average Bonchev–Trinajstić information content (AvgIpc) is 2.07. The maximum atomic E-state index is 11.0. The van der Waals surface area contributed by atoms with Gasteiger partial charge in [-0.15, -0.1) is 0 Å². The smallest absolute Gasteiger partial charge is 0.172 e. The lowest BCUT2D eigenvalue weighted by Gasteiger charge is -2.34. The van der Waals surface area contributed by atoms with Gasteiger partial charge in [0.25, 0.3) is 0 Å². The van der Waals surface area contributed by atoms with Crippen LogP contribution in [0.2, 0.25) is 0 Å². The van der Waals surface area contributed by atoms with Crippen molar-refractivity contribution < 1.29 is 14.3 Å². The fraction of sp³-hybridized carbons (Fsp3) is 0.833. The molecule has 0 saturated carbocycles. The van der Waals surface area contributed by atoms with Gasteiger partial charge in [-0.1, -0.05) is 0 Å². The zero-order chi connectivity index (χ0) is 6.32. The summed E-state index contributed by atoms with van der Waals surface area (Å²) in [6.07, 6.45) is 0.573. The van der Waals surface area contributed by atoms with Gasteiger partial charge in [0, 0.05) is 6.42 Å². The molecule has 2 heterocycles. The second kappa shape index (κ2) is 1.55. The summed E-state index contributed by atoms with van der Waals surface area (Å²) >= 11 is 0. The maximum Gasteiger partial charge on any atom is 0.172 e.